The maximum absolute atomic E-state index is 13.9. The van der Waals surface area contributed by atoms with Crippen molar-refractivity contribution in [1.29, 1.82) is 0 Å². The van der Waals surface area contributed by atoms with E-state index < -0.39 is 0 Å². The number of pyridine rings is 4. The first kappa shape index (κ1) is 51.1. The van der Waals surface area contributed by atoms with Gasteiger partial charge in [-0.1, -0.05) is 38.6 Å². The van der Waals surface area contributed by atoms with Crippen molar-refractivity contribution in [2.45, 2.75) is 77.9 Å². The molecule has 1 amide bonds. The van der Waals surface area contributed by atoms with E-state index in [1.807, 2.05) is 47.6 Å². The number of hydrogen-bond acceptors (Lipinski definition) is 11. The molecule has 6 aliphatic rings. The number of anilines is 5. The van der Waals surface area contributed by atoms with Gasteiger partial charge < -0.3 is 33.8 Å². The number of benzene rings is 1. The van der Waals surface area contributed by atoms with Crippen LogP contribution < -0.4 is 26.7 Å². The quantitative estimate of drug-likeness (QED) is 0.128. The van der Waals surface area contributed by atoms with Crippen LogP contribution in [-0.4, -0.2) is 111 Å². The third-order valence-electron chi connectivity index (χ3n) is 15.4. The minimum Gasteiger partial charge on any atom is -0.378 e. The van der Waals surface area contributed by atoms with Crippen LogP contribution in [0.4, 0.5) is 28.7 Å². The molecule has 0 radical (unpaired) electrons. The van der Waals surface area contributed by atoms with Crippen molar-refractivity contribution in [3.8, 4) is 11.1 Å². The Balaban J connectivity index is 0.000000196. The molecule has 1 aromatic carbocycles. The Hall–Kier alpha value is -6.43. The van der Waals surface area contributed by atoms with Crippen molar-refractivity contribution in [2.24, 2.45) is 14.1 Å². The summed E-state index contributed by atoms with van der Waals surface area (Å²) in [5, 5.41) is 6.50. The monoisotopic (exact) mass is 1060 g/mol. The minimum atomic E-state index is -0.141. The molecule has 0 atom stereocenters. The fourth-order valence-electron chi connectivity index (χ4n) is 11.0. The largest absolute Gasteiger partial charge is 0.378 e. The molecular weight excluding hydrogens is 997 g/mol. The second kappa shape index (κ2) is 22.2. The Kier molecular flexibility index (Phi) is 15.3. The molecule has 0 spiro atoms. The number of halogens is 1. The van der Waals surface area contributed by atoms with E-state index in [-0.39, 0.29) is 24.5 Å². The van der Waals surface area contributed by atoms with Crippen LogP contribution in [0.25, 0.3) is 22.3 Å². The number of aryl methyl sites for hydroxylation is 3. The summed E-state index contributed by atoms with van der Waals surface area (Å²) in [5.41, 5.74) is 13.0. The van der Waals surface area contributed by atoms with Gasteiger partial charge in [-0.25, -0.2) is 9.97 Å². The lowest BCUT2D eigenvalue weighted by Crippen LogP contribution is -2.50. The minimum absolute atomic E-state index is 0. The van der Waals surface area contributed by atoms with Crippen molar-refractivity contribution in [3.63, 3.8) is 0 Å². The van der Waals surface area contributed by atoms with Gasteiger partial charge >= 0.3 is 0 Å². The highest BCUT2D eigenvalue weighted by Gasteiger charge is 2.33. The van der Waals surface area contributed by atoms with Crippen LogP contribution in [0, 0.1) is 0 Å². The average Bonchev–Trinajstić information content (AvgIpc) is 3.77. The molecule has 2 N–H and O–H groups in total. The molecule has 0 saturated carbocycles. The lowest BCUT2D eigenvalue weighted by molar-refractivity contribution is -0.0612. The lowest BCUT2D eigenvalue weighted by Gasteiger charge is -2.38. The van der Waals surface area contributed by atoms with Gasteiger partial charge in [-0.2, -0.15) is 0 Å². The van der Waals surface area contributed by atoms with Gasteiger partial charge in [0.05, 0.1) is 38.5 Å². The van der Waals surface area contributed by atoms with Crippen LogP contribution in [-0.2, 0) is 49.4 Å². The fraction of sp³-hybridized carbons (Fsp3) is 0.397. The molecule has 10 heterocycles. The van der Waals surface area contributed by atoms with E-state index in [1.165, 1.54) is 40.8 Å². The Labute approximate surface area is 441 Å². The van der Waals surface area contributed by atoms with Crippen LogP contribution in [0.2, 0.25) is 0 Å². The maximum atomic E-state index is 13.9. The number of nitrogens with one attached hydrogen (secondary N) is 2. The topological polar surface area (TPSA) is 144 Å². The molecule has 15 nitrogen and oxygen atoms in total. The van der Waals surface area contributed by atoms with E-state index in [0.717, 1.165) is 123 Å². The van der Waals surface area contributed by atoms with Gasteiger partial charge in [0.1, 0.15) is 28.7 Å². The molecule has 12 rings (SSSR count). The van der Waals surface area contributed by atoms with Gasteiger partial charge in [0, 0.05) is 105 Å². The number of rotatable bonds is 11. The molecule has 1 aliphatic carbocycles. The standard InChI is InChI=1S/C37H41N7O3.C20H22BrN3O2.CH4/c1-3-29-30(10-13-38-35(29)44-17-16-43-32-7-5-4-6-25(32)19-33(43)37(44)46)27-18-31(36(45)41(2)21-27)40-34-9-8-26(20-39-34)24-11-14-42(15-12-24)28-22-47-23-28;1-23-11-16(21)10-19(20(23)25)22-17-4-2-14(3-5-17)15-6-8-24(9-7-15)18-12-26-13-18;/h8-11,13,18-21,28H,3-7,12,14-17,22-23H2,1-2H3,(H,39,40);2-6,10-11,18,22H,7-9,12-13H2,1H3;1H4. The predicted molar refractivity (Wildman–Crippen MR) is 298 cm³/mol. The molecule has 386 valence electrons. The number of amides is 1. The van der Waals surface area contributed by atoms with Gasteiger partial charge in [-0.15, -0.1) is 0 Å². The molecule has 16 heteroatoms. The SMILES string of the molecule is C.CCc1c(-c2cc(Nc3ccc(C4=CCN(C5COC5)CC4)cn3)c(=O)n(C)c2)ccnc1N1CCn2c(cc3c2CCCC3)C1=O.Cn1cc(Br)cc(Nc2ccc(C3=CCN(C4COC4)CC3)cc2)c1=O. The number of carbonyl (C=O) groups is 1. The molecule has 6 aromatic rings. The molecule has 5 aliphatic heterocycles. The van der Waals surface area contributed by atoms with E-state index in [1.54, 1.807) is 41.7 Å². The maximum Gasteiger partial charge on any atom is 0.276 e. The van der Waals surface area contributed by atoms with Gasteiger partial charge in [0.2, 0.25) is 0 Å². The van der Waals surface area contributed by atoms with Crippen LogP contribution >= 0.6 is 15.9 Å². The molecular formula is C58H67BrN10O5. The second-order valence-electron chi connectivity index (χ2n) is 20.0. The van der Waals surface area contributed by atoms with Gasteiger partial charge in [-0.05, 0) is 143 Å². The summed E-state index contributed by atoms with van der Waals surface area (Å²) in [4.78, 5) is 55.6. The average molecular weight is 1060 g/mol. The number of ether oxygens (including phenoxy) is 2. The van der Waals surface area contributed by atoms with E-state index in [0.29, 0.717) is 48.1 Å². The van der Waals surface area contributed by atoms with Crippen molar-refractivity contribution in [1.82, 2.24) is 33.5 Å². The summed E-state index contributed by atoms with van der Waals surface area (Å²) in [6, 6.07) is 21.2. The van der Waals surface area contributed by atoms with Crippen molar-refractivity contribution < 1.29 is 14.3 Å². The number of nitrogens with zero attached hydrogens (tertiary/aromatic N) is 8. The number of carbonyl (C=O) groups excluding carboxylic acids is 1. The Morgan fingerprint density at radius 1 is 0.689 bits per heavy atom. The molecule has 5 aromatic heterocycles. The Bertz CT molecular complexity index is 3220. The summed E-state index contributed by atoms with van der Waals surface area (Å²) in [6.45, 7) is 10.9. The van der Waals surface area contributed by atoms with E-state index in [2.05, 4.69) is 89.3 Å². The summed E-state index contributed by atoms with van der Waals surface area (Å²) in [6.07, 6.45) is 19.1. The zero-order valence-electron chi connectivity index (χ0n) is 41.9. The van der Waals surface area contributed by atoms with Crippen LogP contribution in [0.3, 0.4) is 0 Å². The first-order valence-electron chi connectivity index (χ1n) is 25.8. The predicted octanol–water partition coefficient (Wildman–Crippen LogP) is 8.99. The van der Waals surface area contributed by atoms with Crippen molar-refractivity contribution >= 4 is 61.7 Å². The third-order valence-corrected chi connectivity index (χ3v) is 15.8. The molecule has 2 saturated heterocycles. The van der Waals surface area contributed by atoms with E-state index >= 15 is 0 Å². The zero-order valence-corrected chi connectivity index (χ0v) is 43.5. The Morgan fingerprint density at radius 3 is 1.96 bits per heavy atom. The fourth-order valence-corrected chi connectivity index (χ4v) is 11.6. The van der Waals surface area contributed by atoms with Crippen LogP contribution in [0.15, 0.2) is 112 Å². The van der Waals surface area contributed by atoms with Crippen LogP contribution in [0.1, 0.15) is 78.5 Å². The first-order valence-corrected chi connectivity index (χ1v) is 26.6. The zero-order chi connectivity index (χ0) is 50.2. The normalized spacial score (nSPS) is 18.1. The summed E-state index contributed by atoms with van der Waals surface area (Å²) in [5.74, 6) is 1.32. The van der Waals surface area contributed by atoms with Crippen LogP contribution in [0.5, 0.6) is 0 Å². The molecule has 0 unspecified atom stereocenters. The van der Waals surface area contributed by atoms with Gasteiger partial charge in [0.15, 0.2) is 0 Å². The van der Waals surface area contributed by atoms with Gasteiger partial charge in [0.25, 0.3) is 17.0 Å². The molecule has 2 fully saturated rings. The van der Waals surface area contributed by atoms with Crippen molar-refractivity contribution in [2.75, 3.05) is 74.7 Å². The highest BCUT2D eigenvalue weighted by molar-refractivity contribution is 9.10. The van der Waals surface area contributed by atoms with E-state index in [9.17, 15) is 14.4 Å². The molecule has 74 heavy (non-hydrogen) atoms. The first-order chi connectivity index (χ1) is 35.6. The summed E-state index contributed by atoms with van der Waals surface area (Å²) < 4.78 is 16.9. The number of aromatic nitrogens is 5. The second-order valence-corrected chi connectivity index (χ2v) is 20.9. The highest BCUT2D eigenvalue weighted by atomic mass is 79.9. The number of fused-ring (bicyclic) bond motifs is 3. The lowest BCUT2D eigenvalue weighted by atomic mass is 9.98. The van der Waals surface area contributed by atoms with Gasteiger partial charge in [-0.3, -0.25) is 29.1 Å². The summed E-state index contributed by atoms with van der Waals surface area (Å²) >= 11 is 3.43. The smallest absolute Gasteiger partial charge is 0.276 e. The third kappa shape index (κ3) is 10.5. The number of hydrogen-bond donors (Lipinski definition) is 2. The van der Waals surface area contributed by atoms with E-state index in [4.69, 9.17) is 14.5 Å². The molecule has 0 bridgehead atoms. The summed E-state index contributed by atoms with van der Waals surface area (Å²) in [7, 11) is 3.51. The Morgan fingerprint density at radius 2 is 1.34 bits per heavy atom. The highest BCUT2D eigenvalue weighted by Crippen LogP contribution is 2.36. The van der Waals surface area contributed by atoms with Crippen molar-refractivity contribution in [3.05, 3.63) is 156 Å².